The molecule has 1 atom stereocenters. The molecule has 0 spiro atoms. The van der Waals surface area contributed by atoms with Crippen molar-refractivity contribution in [2.75, 3.05) is 10.2 Å². The maximum Gasteiger partial charge on any atom is 0.269 e. The van der Waals surface area contributed by atoms with Crippen molar-refractivity contribution in [2.45, 2.75) is 11.7 Å². The number of hydrogen-bond acceptors (Lipinski definition) is 4. The zero-order valence-corrected chi connectivity index (χ0v) is 18.7. The lowest BCUT2D eigenvalue weighted by atomic mass is 10.1. The van der Waals surface area contributed by atoms with E-state index in [-0.39, 0.29) is 16.5 Å². The third-order valence-electron chi connectivity index (χ3n) is 4.96. The van der Waals surface area contributed by atoms with Gasteiger partial charge in [-0.3, -0.25) is 14.5 Å². The molecule has 0 aromatic heterocycles. The third kappa shape index (κ3) is 5.08. The quantitative estimate of drug-likeness (QED) is 0.386. The van der Waals surface area contributed by atoms with Gasteiger partial charge in [0.1, 0.15) is 22.5 Å². The van der Waals surface area contributed by atoms with Crippen LogP contribution in [0, 0.1) is 17.1 Å². The lowest BCUT2D eigenvalue weighted by molar-refractivity contribution is -0.117. The van der Waals surface area contributed by atoms with E-state index in [2.05, 4.69) is 5.32 Å². The number of halogens is 2. The van der Waals surface area contributed by atoms with Crippen molar-refractivity contribution in [3.63, 3.8) is 0 Å². The number of thioether (sulfide) groups is 1. The number of anilines is 2. The molecule has 164 valence electrons. The second-order valence-corrected chi connectivity index (χ2v) is 8.83. The maximum absolute atomic E-state index is 13.5. The summed E-state index contributed by atoms with van der Waals surface area (Å²) in [5.41, 5.74) is 1.59. The highest BCUT2D eigenvalue weighted by molar-refractivity contribution is 8.05. The fraction of sp³-hybridized carbons (Fsp3) is 0.0800. The van der Waals surface area contributed by atoms with Crippen molar-refractivity contribution in [1.29, 1.82) is 5.26 Å². The number of benzene rings is 3. The smallest absolute Gasteiger partial charge is 0.269 e. The minimum Gasteiger partial charge on any atom is -0.321 e. The number of nitrogens with zero attached hydrogens (tertiary/aromatic N) is 2. The Balaban J connectivity index is 1.72. The molecular formula is C25H17ClFN3O2S. The predicted octanol–water partition coefficient (Wildman–Crippen LogP) is 5.54. The summed E-state index contributed by atoms with van der Waals surface area (Å²) in [6.07, 6.45) is 0.420. The van der Waals surface area contributed by atoms with Gasteiger partial charge in [0.05, 0.1) is 5.25 Å². The monoisotopic (exact) mass is 477 g/mol. The second-order valence-electron chi connectivity index (χ2n) is 7.20. The minimum absolute atomic E-state index is 0.205. The van der Waals surface area contributed by atoms with Crippen LogP contribution >= 0.6 is 23.4 Å². The summed E-state index contributed by atoms with van der Waals surface area (Å²) in [4.78, 5) is 27.7. The van der Waals surface area contributed by atoms with Crippen LogP contribution in [0.1, 0.15) is 5.56 Å². The van der Waals surface area contributed by atoms with Gasteiger partial charge in [-0.15, -0.1) is 0 Å². The number of amides is 2. The highest BCUT2D eigenvalue weighted by atomic mass is 35.5. The van der Waals surface area contributed by atoms with Gasteiger partial charge in [0.2, 0.25) is 5.91 Å². The Morgan fingerprint density at radius 2 is 1.73 bits per heavy atom. The molecule has 33 heavy (non-hydrogen) atoms. The van der Waals surface area contributed by atoms with Crippen LogP contribution in [0.4, 0.5) is 15.8 Å². The average Bonchev–Trinajstić information content (AvgIpc) is 3.12. The second kappa shape index (κ2) is 9.90. The summed E-state index contributed by atoms with van der Waals surface area (Å²) < 4.78 is 13.5. The Kier molecular flexibility index (Phi) is 6.78. The molecule has 3 aromatic rings. The fourth-order valence-electron chi connectivity index (χ4n) is 3.37. The van der Waals surface area contributed by atoms with E-state index in [9.17, 15) is 19.2 Å². The molecule has 8 heteroatoms. The van der Waals surface area contributed by atoms with Gasteiger partial charge in [0.15, 0.2) is 0 Å². The topological polar surface area (TPSA) is 73.2 Å². The summed E-state index contributed by atoms with van der Waals surface area (Å²) >= 11 is 7.04. The standard InChI is InChI=1S/C25H17ClFN3O2S/c26-17-6-10-19(11-7-17)29-23(31)21(15-28)25-30(20-12-8-18(27)9-13-20)24(32)22(33-25)14-16-4-2-1-3-5-16/h1-13,22H,14H2,(H,29,31). The summed E-state index contributed by atoms with van der Waals surface area (Å²) in [6.45, 7) is 0. The Labute approximate surface area is 199 Å². The molecule has 0 radical (unpaired) electrons. The Hall–Kier alpha value is -3.60. The fourth-order valence-corrected chi connectivity index (χ4v) is 4.80. The normalized spacial score (nSPS) is 16.9. The number of rotatable bonds is 5. The molecule has 1 heterocycles. The van der Waals surface area contributed by atoms with Gasteiger partial charge in [0.25, 0.3) is 5.91 Å². The van der Waals surface area contributed by atoms with E-state index in [1.54, 1.807) is 24.3 Å². The molecule has 0 saturated carbocycles. The summed E-state index contributed by atoms with van der Waals surface area (Å²) in [6, 6.07) is 23.2. The molecule has 4 rings (SSSR count). The molecule has 2 amide bonds. The van der Waals surface area contributed by atoms with E-state index in [4.69, 9.17) is 11.6 Å². The van der Waals surface area contributed by atoms with E-state index in [0.717, 1.165) is 17.3 Å². The van der Waals surface area contributed by atoms with Gasteiger partial charge in [-0.05, 0) is 60.5 Å². The first-order valence-electron chi connectivity index (χ1n) is 9.97. The average molecular weight is 478 g/mol. The number of hydrogen-bond donors (Lipinski definition) is 1. The zero-order valence-electron chi connectivity index (χ0n) is 17.2. The van der Waals surface area contributed by atoms with Crippen LogP contribution in [-0.4, -0.2) is 17.1 Å². The number of nitriles is 1. The molecule has 1 aliphatic heterocycles. The summed E-state index contributed by atoms with van der Waals surface area (Å²) in [5, 5.41) is 12.7. The van der Waals surface area contributed by atoms with Crippen molar-refractivity contribution in [3.8, 4) is 6.07 Å². The van der Waals surface area contributed by atoms with E-state index < -0.39 is 17.0 Å². The molecule has 0 aliphatic carbocycles. The SMILES string of the molecule is N#CC(C(=O)Nc1ccc(Cl)cc1)=C1SC(Cc2ccccc2)C(=O)N1c1ccc(F)cc1. The molecule has 1 fully saturated rings. The van der Waals surface area contributed by atoms with Crippen LogP contribution in [0.15, 0.2) is 89.5 Å². The third-order valence-corrected chi connectivity index (χ3v) is 6.47. The van der Waals surface area contributed by atoms with Gasteiger partial charge in [0, 0.05) is 16.4 Å². The lowest BCUT2D eigenvalue weighted by Gasteiger charge is -2.18. The van der Waals surface area contributed by atoms with Crippen molar-refractivity contribution >= 4 is 46.6 Å². The highest BCUT2D eigenvalue weighted by Crippen LogP contribution is 2.42. The number of carbonyl (C=O) groups is 2. The molecule has 1 aliphatic rings. The molecule has 1 saturated heterocycles. The van der Waals surface area contributed by atoms with Gasteiger partial charge < -0.3 is 5.32 Å². The van der Waals surface area contributed by atoms with Crippen molar-refractivity contribution in [1.82, 2.24) is 0 Å². The van der Waals surface area contributed by atoms with Crippen LogP contribution in [-0.2, 0) is 16.0 Å². The molecule has 5 nitrogen and oxygen atoms in total. The molecule has 1 N–H and O–H groups in total. The lowest BCUT2D eigenvalue weighted by Crippen LogP contribution is -2.30. The molecule has 1 unspecified atom stereocenters. The zero-order chi connectivity index (χ0) is 23.4. The molecular weight excluding hydrogens is 461 g/mol. The highest BCUT2D eigenvalue weighted by Gasteiger charge is 2.40. The Morgan fingerprint density at radius 1 is 1.06 bits per heavy atom. The van der Waals surface area contributed by atoms with Crippen LogP contribution in [0.25, 0.3) is 0 Å². The number of nitrogens with one attached hydrogen (secondary N) is 1. The minimum atomic E-state index is -0.650. The Bertz CT molecular complexity index is 1260. The van der Waals surface area contributed by atoms with Gasteiger partial charge in [-0.25, -0.2) is 4.39 Å². The maximum atomic E-state index is 13.5. The summed E-state index contributed by atoms with van der Waals surface area (Å²) in [5.74, 6) is -1.38. The molecule has 0 bridgehead atoms. The van der Waals surface area contributed by atoms with E-state index in [1.807, 2.05) is 36.4 Å². The first kappa shape index (κ1) is 22.6. The first-order chi connectivity index (χ1) is 16.0. The van der Waals surface area contributed by atoms with Gasteiger partial charge >= 0.3 is 0 Å². The predicted molar refractivity (Wildman–Crippen MR) is 128 cm³/mol. The van der Waals surface area contributed by atoms with Crippen molar-refractivity contribution in [2.24, 2.45) is 0 Å². The van der Waals surface area contributed by atoms with Crippen LogP contribution in [0.3, 0.4) is 0 Å². The van der Waals surface area contributed by atoms with Crippen LogP contribution in [0.2, 0.25) is 5.02 Å². The van der Waals surface area contributed by atoms with Gasteiger partial charge in [-0.2, -0.15) is 5.26 Å². The molecule has 3 aromatic carbocycles. The van der Waals surface area contributed by atoms with Crippen molar-refractivity contribution in [3.05, 3.63) is 106 Å². The van der Waals surface area contributed by atoms with E-state index in [0.29, 0.717) is 22.8 Å². The van der Waals surface area contributed by atoms with E-state index in [1.165, 1.54) is 29.2 Å². The van der Waals surface area contributed by atoms with Crippen molar-refractivity contribution < 1.29 is 14.0 Å². The van der Waals surface area contributed by atoms with E-state index >= 15 is 0 Å². The van der Waals surface area contributed by atoms with Crippen LogP contribution in [0.5, 0.6) is 0 Å². The largest absolute Gasteiger partial charge is 0.321 e. The number of carbonyl (C=O) groups excluding carboxylic acids is 2. The summed E-state index contributed by atoms with van der Waals surface area (Å²) in [7, 11) is 0. The van der Waals surface area contributed by atoms with Crippen LogP contribution < -0.4 is 10.2 Å². The Morgan fingerprint density at radius 3 is 2.36 bits per heavy atom. The first-order valence-corrected chi connectivity index (χ1v) is 11.2. The van der Waals surface area contributed by atoms with Gasteiger partial charge in [-0.1, -0.05) is 53.7 Å².